The maximum atomic E-state index is 12.1. The molecule has 0 spiro atoms. The zero-order valence-electron chi connectivity index (χ0n) is 12.4. The molecule has 1 aliphatic heterocycles. The number of ether oxygens (including phenoxy) is 3. The summed E-state index contributed by atoms with van der Waals surface area (Å²) in [5.74, 6) is 1.28. The molecule has 3 aromatic rings. The van der Waals surface area contributed by atoms with Crippen LogP contribution in [0, 0.1) is 0 Å². The van der Waals surface area contributed by atoms with Crippen LogP contribution in [0.15, 0.2) is 45.6 Å². The van der Waals surface area contributed by atoms with E-state index in [1.54, 1.807) is 18.2 Å². The zero-order valence-corrected chi connectivity index (χ0v) is 13.2. The van der Waals surface area contributed by atoms with Gasteiger partial charge >= 0.3 is 5.97 Å². The number of rotatable bonds is 4. The van der Waals surface area contributed by atoms with E-state index in [9.17, 15) is 4.79 Å². The Bertz CT molecular complexity index is 846. The molecule has 2 aromatic heterocycles. The number of aromatic nitrogens is 2. The second-order valence-corrected chi connectivity index (χ2v) is 5.78. The fourth-order valence-electron chi connectivity index (χ4n) is 2.18. The number of thiophene rings is 1. The van der Waals surface area contributed by atoms with Crippen molar-refractivity contribution in [3.05, 3.63) is 47.0 Å². The Labute approximate surface area is 140 Å². The number of nitrogens with zero attached hydrogens (tertiary/aromatic N) is 2. The summed E-state index contributed by atoms with van der Waals surface area (Å²) < 4.78 is 21.3. The normalized spacial score (nSPS) is 15.9. The highest BCUT2D eigenvalue weighted by Gasteiger charge is 2.29. The summed E-state index contributed by atoms with van der Waals surface area (Å²) in [5.41, 5.74) is 0.863. The van der Waals surface area contributed by atoms with Crippen LogP contribution < -0.4 is 9.47 Å². The molecule has 24 heavy (non-hydrogen) atoms. The van der Waals surface area contributed by atoms with Crippen molar-refractivity contribution in [3.8, 4) is 22.9 Å². The average molecular weight is 344 g/mol. The molecule has 1 atom stereocenters. The maximum Gasteiger partial charge on any atom is 0.351 e. The lowest BCUT2D eigenvalue weighted by molar-refractivity contribution is -0.156. The Kier molecular flexibility index (Phi) is 3.87. The summed E-state index contributed by atoms with van der Waals surface area (Å²) in [6.07, 6.45) is -0.820. The van der Waals surface area contributed by atoms with Gasteiger partial charge in [-0.2, -0.15) is 16.3 Å². The number of fused-ring (bicyclic) bond motifs is 1. The first-order valence-electron chi connectivity index (χ1n) is 7.20. The molecule has 8 heteroatoms. The fraction of sp³-hybridized carbons (Fsp3) is 0.188. The Morgan fingerprint density at radius 2 is 2.17 bits per heavy atom. The van der Waals surface area contributed by atoms with Crippen LogP contribution in [0.1, 0.15) is 5.89 Å². The first kappa shape index (κ1) is 14.7. The minimum atomic E-state index is -0.820. The third-order valence-electron chi connectivity index (χ3n) is 3.36. The molecular formula is C16H12N2O5S. The molecule has 7 nitrogen and oxygen atoms in total. The van der Waals surface area contributed by atoms with Crippen LogP contribution in [0.3, 0.4) is 0 Å². The lowest BCUT2D eigenvalue weighted by Crippen LogP contribution is -2.37. The summed E-state index contributed by atoms with van der Waals surface area (Å²) in [5, 5.41) is 7.68. The van der Waals surface area contributed by atoms with Gasteiger partial charge in [0.1, 0.15) is 6.61 Å². The molecule has 0 radical (unpaired) electrons. The molecule has 0 fully saturated rings. The number of carbonyl (C=O) groups excluding carboxylic acids is 1. The third kappa shape index (κ3) is 2.95. The van der Waals surface area contributed by atoms with Gasteiger partial charge in [-0.25, -0.2) is 4.79 Å². The highest BCUT2D eigenvalue weighted by atomic mass is 32.1. The van der Waals surface area contributed by atoms with Gasteiger partial charge in [-0.3, -0.25) is 0 Å². The number of esters is 1. The molecule has 0 bridgehead atoms. The molecule has 0 amide bonds. The van der Waals surface area contributed by atoms with E-state index in [1.807, 2.05) is 22.9 Å². The first-order valence-corrected chi connectivity index (χ1v) is 8.14. The van der Waals surface area contributed by atoms with Crippen LogP contribution in [0.2, 0.25) is 0 Å². The van der Waals surface area contributed by atoms with E-state index in [0.717, 1.165) is 5.56 Å². The summed E-state index contributed by atoms with van der Waals surface area (Å²) in [6.45, 7) is -0.0166. The Morgan fingerprint density at radius 1 is 1.29 bits per heavy atom. The molecular weight excluding hydrogens is 332 g/mol. The van der Waals surface area contributed by atoms with Gasteiger partial charge in [0.2, 0.25) is 11.9 Å². The van der Waals surface area contributed by atoms with E-state index in [1.165, 1.54) is 11.3 Å². The molecule has 122 valence electrons. The lowest BCUT2D eigenvalue weighted by Gasteiger charge is -2.24. The van der Waals surface area contributed by atoms with Gasteiger partial charge in [-0.15, -0.1) is 0 Å². The quantitative estimate of drug-likeness (QED) is 0.673. The maximum absolute atomic E-state index is 12.1. The molecule has 3 heterocycles. The Hall–Kier alpha value is -2.87. The van der Waals surface area contributed by atoms with Gasteiger partial charge in [-0.1, -0.05) is 17.3 Å². The second kappa shape index (κ2) is 6.32. The van der Waals surface area contributed by atoms with Gasteiger partial charge in [0.15, 0.2) is 18.1 Å². The summed E-state index contributed by atoms with van der Waals surface area (Å²) in [4.78, 5) is 16.3. The van der Waals surface area contributed by atoms with Gasteiger partial charge < -0.3 is 18.7 Å². The van der Waals surface area contributed by atoms with Crippen LogP contribution in [0.4, 0.5) is 0 Å². The highest BCUT2D eigenvalue weighted by Crippen LogP contribution is 2.31. The smallest absolute Gasteiger partial charge is 0.351 e. The number of hydrogen-bond donors (Lipinski definition) is 0. The number of hydrogen-bond acceptors (Lipinski definition) is 8. The van der Waals surface area contributed by atoms with E-state index in [0.29, 0.717) is 17.3 Å². The van der Waals surface area contributed by atoms with Crippen molar-refractivity contribution >= 4 is 17.3 Å². The van der Waals surface area contributed by atoms with Crippen LogP contribution in [0.25, 0.3) is 11.4 Å². The highest BCUT2D eigenvalue weighted by molar-refractivity contribution is 7.08. The molecule has 4 rings (SSSR count). The van der Waals surface area contributed by atoms with Crippen LogP contribution in [-0.4, -0.2) is 28.8 Å². The topological polar surface area (TPSA) is 83.7 Å². The van der Waals surface area contributed by atoms with Crippen molar-refractivity contribution in [1.82, 2.24) is 10.1 Å². The van der Waals surface area contributed by atoms with Gasteiger partial charge in [0.25, 0.3) is 5.89 Å². The van der Waals surface area contributed by atoms with Crippen molar-refractivity contribution in [2.45, 2.75) is 12.7 Å². The Balaban J connectivity index is 1.36. The van der Waals surface area contributed by atoms with Crippen LogP contribution in [-0.2, 0) is 16.1 Å². The van der Waals surface area contributed by atoms with Crippen molar-refractivity contribution in [3.63, 3.8) is 0 Å². The van der Waals surface area contributed by atoms with E-state index in [4.69, 9.17) is 18.7 Å². The lowest BCUT2D eigenvalue weighted by atomic mass is 10.2. The predicted octanol–water partition coefficient (Wildman–Crippen LogP) is 2.68. The number of para-hydroxylation sites is 2. The second-order valence-electron chi connectivity index (χ2n) is 5.00. The van der Waals surface area contributed by atoms with Crippen molar-refractivity contribution < 1.29 is 23.5 Å². The molecule has 0 N–H and O–H groups in total. The molecule has 0 aliphatic carbocycles. The van der Waals surface area contributed by atoms with Crippen LogP contribution >= 0.6 is 11.3 Å². The number of benzene rings is 1. The minimum absolute atomic E-state index is 0.0971. The van der Waals surface area contributed by atoms with Gasteiger partial charge in [-0.05, 0) is 23.6 Å². The summed E-state index contributed by atoms with van der Waals surface area (Å²) in [7, 11) is 0. The predicted molar refractivity (Wildman–Crippen MR) is 83.8 cm³/mol. The van der Waals surface area contributed by atoms with Crippen LogP contribution in [0.5, 0.6) is 11.5 Å². The molecule has 0 saturated carbocycles. The molecule has 1 aliphatic rings. The zero-order chi connectivity index (χ0) is 16.4. The summed E-state index contributed by atoms with van der Waals surface area (Å²) >= 11 is 1.54. The van der Waals surface area contributed by atoms with Crippen molar-refractivity contribution in [2.75, 3.05) is 6.61 Å². The van der Waals surface area contributed by atoms with E-state index in [2.05, 4.69) is 10.1 Å². The Morgan fingerprint density at radius 3 is 3.00 bits per heavy atom. The van der Waals surface area contributed by atoms with E-state index < -0.39 is 12.1 Å². The number of carbonyl (C=O) groups is 1. The summed E-state index contributed by atoms with van der Waals surface area (Å²) in [6, 6.07) is 9.04. The van der Waals surface area contributed by atoms with Crippen molar-refractivity contribution in [1.29, 1.82) is 0 Å². The molecule has 0 saturated heterocycles. The largest absolute Gasteiger partial charge is 0.485 e. The first-order chi connectivity index (χ1) is 11.8. The average Bonchev–Trinajstić information content (AvgIpc) is 3.30. The van der Waals surface area contributed by atoms with E-state index >= 15 is 0 Å². The third-order valence-corrected chi connectivity index (χ3v) is 4.04. The molecule has 1 aromatic carbocycles. The van der Waals surface area contributed by atoms with Crippen molar-refractivity contribution in [2.24, 2.45) is 0 Å². The molecule has 1 unspecified atom stereocenters. The standard InChI is InChI=1S/C16H12N2O5S/c19-16(13-7-20-11-3-1-2-4-12(11)22-13)21-8-14-17-15(18-23-14)10-5-6-24-9-10/h1-6,9,13H,7-8H2. The van der Waals surface area contributed by atoms with Gasteiger partial charge in [0.05, 0.1) is 0 Å². The van der Waals surface area contributed by atoms with Gasteiger partial charge in [0, 0.05) is 10.9 Å². The minimum Gasteiger partial charge on any atom is -0.485 e. The fourth-order valence-corrected chi connectivity index (χ4v) is 2.82. The SMILES string of the molecule is O=C(OCc1nc(-c2ccsc2)no1)C1COc2ccccc2O1. The van der Waals surface area contributed by atoms with E-state index in [-0.39, 0.29) is 19.1 Å². The monoisotopic (exact) mass is 344 g/mol.